The largest absolute Gasteiger partial charge is 0.488 e. The first kappa shape index (κ1) is 16.3. The fraction of sp³-hybridized carbons (Fsp3) is 0.250. The van der Waals surface area contributed by atoms with Crippen molar-refractivity contribution in [1.29, 1.82) is 0 Å². The molecule has 132 valence electrons. The standard InChI is InChI=1S/C20H19N3O3/c1-12-19(13(2)26-23-12)20(24)22-11-17-9-16-8-14(5-6-18(16)25-17)15-4-3-7-21-10-15/h3-8,10,17H,9,11H2,1-2H3,(H,22,24). The zero-order valence-corrected chi connectivity index (χ0v) is 14.7. The third kappa shape index (κ3) is 3.06. The van der Waals surface area contributed by atoms with Crippen LogP contribution in [0.15, 0.2) is 47.2 Å². The summed E-state index contributed by atoms with van der Waals surface area (Å²) in [6.07, 6.45) is 4.28. The van der Waals surface area contributed by atoms with Gasteiger partial charge in [-0.15, -0.1) is 0 Å². The molecule has 0 aliphatic carbocycles. The lowest BCUT2D eigenvalue weighted by molar-refractivity contribution is 0.0931. The quantitative estimate of drug-likeness (QED) is 0.783. The van der Waals surface area contributed by atoms with Crippen molar-refractivity contribution in [2.75, 3.05) is 6.54 Å². The number of hydrogen-bond acceptors (Lipinski definition) is 5. The zero-order chi connectivity index (χ0) is 18.1. The summed E-state index contributed by atoms with van der Waals surface area (Å²) in [7, 11) is 0. The molecule has 6 nitrogen and oxygen atoms in total. The van der Waals surface area contributed by atoms with Gasteiger partial charge in [0.25, 0.3) is 5.91 Å². The average molecular weight is 349 g/mol. The van der Waals surface area contributed by atoms with Crippen molar-refractivity contribution in [2.24, 2.45) is 0 Å². The highest BCUT2D eigenvalue weighted by Gasteiger charge is 2.25. The molecule has 1 aliphatic heterocycles. The second-order valence-corrected chi connectivity index (χ2v) is 6.42. The molecule has 1 atom stereocenters. The van der Waals surface area contributed by atoms with E-state index in [0.717, 1.165) is 28.9 Å². The van der Waals surface area contributed by atoms with Crippen molar-refractivity contribution >= 4 is 5.91 Å². The molecule has 4 rings (SSSR count). The van der Waals surface area contributed by atoms with Crippen LogP contribution in [0.25, 0.3) is 11.1 Å². The first-order chi connectivity index (χ1) is 12.6. The van der Waals surface area contributed by atoms with E-state index in [-0.39, 0.29) is 12.0 Å². The van der Waals surface area contributed by atoms with E-state index in [1.165, 1.54) is 0 Å². The fourth-order valence-corrected chi connectivity index (χ4v) is 3.25. The van der Waals surface area contributed by atoms with E-state index in [1.54, 1.807) is 20.0 Å². The number of pyridine rings is 1. The van der Waals surface area contributed by atoms with Crippen molar-refractivity contribution < 1.29 is 14.1 Å². The van der Waals surface area contributed by atoms with Crippen molar-refractivity contribution in [3.63, 3.8) is 0 Å². The number of fused-ring (bicyclic) bond motifs is 1. The Morgan fingerprint density at radius 1 is 1.27 bits per heavy atom. The Labute approximate surface area is 151 Å². The number of carbonyl (C=O) groups is 1. The van der Waals surface area contributed by atoms with E-state index in [9.17, 15) is 4.79 Å². The summed E-state index contributed by atoms with van der Waals surface area (Å²) in [6.45, 7) is 3.92. The summed E-state index contributed by atoms with van der Waals surface area (Å²) in [4.78, 5) is 16.5. The number of hydrogen-bond donors (Lipinski definition) is 1. The summed E-state index contributed by atoms with van der Waals surface area (Å²) in [5.74, 6) is 1.21. The lowest BCUT2D eigenvalue weighted by Gasteiger charge is -2.11. The second kappa shape index (κ2) is 6.63. The van der Waals surface area contributed by atoms with Gasteiger partial charge in [-0.3, -0.25) is 9.78 Å². The minimum Gasteiger partial charge on any atom is -0.488 e. The van der Waals surface area contributed by atoms with Gasteiger partial charge in [0.15, 0.2) is 0 Å². The Morgan fingerprint density at radius 3 is 2.88 bits per heavy atom. The number of amides is 1. The molecule has 2 aromatic heterocycles. The molecular formula is C20H19N3O3. The number of ether oxygens (including phenoxy) is 1. The Balaban J connectivity index is 1.42. The SMILES string of the molecule is Cc1noc(C)c1C(=O)NCC1Cc2cc(-c3cccnc3)ccc2O1. The Kier molecular flexibility index (Phi) is 4.16. The number of nitrogens with one attached hydrogen (secondary N) is 1. The van der Waals surface area contributed by atoms with Crippen LogP contribution in [0.3, 0.4) is 0 Å². The molecule has 0 saturated carbocycles. The molecule has 26 heavy (non-hydrogen) atoms. The Bertz CT molecular complexity index is 931. The highest BCUT2D eigenvalue weighted by atomic mass is 16.5. The molecule has 3 heterocycles. The summed E-state index contributed by atoms with van der Waals surface area (Å²) in [5.41, 5.74) is 4.42. The van der Waals surface area contributed by atoms with Gasteiger partial charge in [-0.2, -0.15) is 0 Å². The van der Waals surface area contributed by atoms with Crippen LogP contribution < -0.4 is 10.1 Å². The van der Waals surface area contributed by atoms with Crippen molar-refractivity contribution in [3.8, 4) is 16.9 Å². The van der Waals surface area contributed by atoms with Gasteiger partial charge in [0, 0.05) is 24.4 Å². The molecule has 1 aliphatic rings. The van der Waals surface area contributed by atoms with E-state index in [1.807, 2.05) is 30.5 Å². The van der Waals surface area contributed by atoms with Gasteiger partial charge < -0.3 is 14.6 Å². The summed E-state index contributed by atoms with van der Waals surface area (Å²) < 4.78 is 11.0. The lowest BCUT2D eigenvalue weighted by atomic mass is 10.0. The third-order valence-corrected chi connectivity index (χ3v) is 4.55. The smallest absolute Gasteiger partial charge is 0.256 e. The molecule has 1 amide bonds. The molecule has 0 radical (unpaired) electrons. The normalized spacial score (nSPS) is 15.4. The van der Waals surface area contributed by atoms with Crippen LogP contribution in [0, 0.1) is 13.8 Å². The minimum atomic E-state index is -0.183. The van der Waals surface area contributed by atoms with Gasteiger partial charge >= 0.3 is 0 Å². The molecule has 0 spiro atoms. The predicted molar refractivity (Wildman–Crippen MR) is 96.1 cm³/mol. The Hall–Kier alpha value is -3.15. The van der Waals surface area contributed by atoms with E-state index in [2.05, 4.69) is 21.5 Å². The van der Waals surface area contributed by atoms with Crippen LogP contribution in [-0.2, 0) is 6.42 Å². The number of aromatic nitrogens is 2. The second-order valence-electron chi connectivity index (χ2n) is 6.42. The number of nitrogens with zero attached hydrogens (tertiary/aromatic N) is 2. The average Bonchev–Trinajstić information content (AvgIpc) is 3.22. The van der Waals surface area contributed by atoms with Gasteiger partial charge in [0.05, 0.1) is 12.2 Å². The van der Waals surface area contributed by atoms with Crippen LogP contribution in [0.5, 0.6) is 5.75 Å². The third-order valence-electron chi connectivity index (χ3n) is 4.55. The molecule has 1 unspecified atom stereocenters. The van der Waals surface area contributed by atoms with E-state index >= 15 is 0 Å². The zero-order valence-electron chi connectivity index (χ0n) is 14.7. The van der Waals surface area contributed by atoms with Gasteiger partial charge in [-0.05, 0) is 43.2 Å². The van der Waals surface area contributed by atoms with Gasteiger partial charge in [0.1, 0.15) is 23.2 Å². The maximum absolute atomic E-state index is 12.3. The molecule has 1 aromatic carbocycles. The fourth-order valence-electron chi connectivity index (χ4n) is 3.25. The van der Waals surface area contributed by atoms with E-state index in [0.29, 0.717) is 23.6 Å². The van der Waals surface area contributed by atoms with Crippen LogP contribution >= 0.6 is 0 Å². The summed E-state index contributed by atoms with van der Waals surface area (Å²) in [5, 5.41) is 6.73. The summed E-state index contributed by atoms with van der Waals surface area (Å²) >= 11 is 0. The number of aryl methyl sites for hydroxylation is 2. The van der Waals surface area contributed by atoms with Crippen molar-refractivity contribution in [1.82, 2.24) is 15.5 Å². The maximum Gasteiger partial charge on any atom is 0.256 e. The van der Waals surface area contributed by atoms with Crippen LogP contribution in [0.2, 0.25) is 0 Å². The number of carbonyl (C=O) groups excluding carboxylic acids is 1. The van der Waals surface area contributed by atoms with Crippen LogP contribution in [0.4, 0.5) is 0 Å². The molecule has 6 heteroatoms. The van der Waals surface area contributed by atoms with E-state index in [4.69, 9.17) is 9.26 Å². The van der Waals surface area contributed by atoms with E-state index < -0.39 is 0 Å². The van der Waals surface area contributed by atoms with Crippen molar-refractivity contribution in [3.05, 3.63) is 65.3 Å². The first-order valence-corrected chi connectivity index (χ1v) is 8.53. The molecule has 0 bridgehead atoms. The molecular weight excluding hydrogens is 330 g/mol. The maximum atomic E-state index is 12.3. The van der Waals surface area contributed by atoms with Gasteiger partial charge in [0.2, 0.25) is 0 Å². The topological polar surface area (TPSA) is 77.3 Å². The molecule has 3 aromatic rings. The minimum absolute atomic E-state index is 0.0847. The molecule has 0 fully saturated rings. The number of benzene rings is 1. The molecule has 0 saturated heterocycles. The highest BCUT2D eigenvalue weighted by molar-refractivity contribution is 5.96. The molecule has 1 N–H and O–H groups in total. The highest BCUT2D eigenvalue weighted by Crippen LogP contribution is 2.32. The lowest BCUT2D eigenvalue weighted by Crippen LogP contribution is -2.34. The van der Waals surface area contributed by atoms with Gasteiger partial charge in [-0.25, -0.2) is 0 Å². The van der Waals surface area contributed by atoms with Crippen molar-refractivity contribution in [2.45, 2.75) is 26.4 Å². The van der Waals surface area contributed by atoms with Gasteiger partial charge in [-0.1, -0.05) is 17.3 Å². The predicted octanol–water partition coefficient (Wildman–Crippen LogP) is 3.09. The van der Waals surface area contributed by atoms with Crippen LogP contribution in [-0.4, -0.2) is 28.7 Å². The first-order valence-electron chi connectivity index (χ1n) is 8.53. The monoisotopic (exact) mass is 349 g/mol. The number of rotatable bonds is 4. The Morgan fingerprint density at radius 2 is 2.15 bits per heavy atom. The summed E-state index contributed by atoms with van der Waals surface area (Å²) in [6, 6.07) is 10.1. The van der Waals surface area contributed by atoms with Crippen LogP contribution in [0.1, 0.15) is 27.4 Å².